The number of carbonyl (C=O) groups is 1. The molecule has 2 aromatic rings. The van der Waals surface area contributed by atoms with Gasteiger partial charge in [0.1, 0.15) is 17.1 Å². The molecule has 1 aromatic heterocycles. The molecule has 19 heavy (non-hydrogen) atoms. The molecule has 0 aliphatic carbocycles. The van der Waals surface area contributed by atoms with E-state index in [0.717, 1.165) is 12.3 Å². The molecular formula is C12H10F2N2O3. The Morgan fingerprint density at radius 2 is 2.11 bits per heavy atom. The molecule has 0 amide bonds. The number of benzene rings is 1. The normalized spacial score (nSPS) is 10.9. The number of rotatable bonds is 2. The van der Waals surface area contributed by atoms with Crippen molar-refractivity contribution in [1.82, 2.24) is 4.57 Å². The Hall–Kier alpha value is -2.44. The van der Waals surface area contributed by atoms with Crippen LogP contribution in [0.1, 0.15) is 17.3 Å². The monoisotopic (exact) mass is 268 g/mol. The number of fused-ring (bicyclic) bond motifs is 1. The summed E-state index contributed by atoms with van der Waals surface area (Å²) in [5.74, 6) is -3.61. The molecule has 0 unspecified atom stereocenters. The smallest absolute Gasteiger partial charge is 0.341 e. The molecule has 0 saturated heterocycles. The highest BCUT2D eigenvalue weighted by atomic mass is 19.1. The number of hydrogen-bond acceptors (Lipinski definition) is 3. The highest BCUT2D eigenvalue weighted by Crippen LogP contribution is 2.24. The number of pyridine rings is 1. The minimum absolute atomic E-state index is 0.198. The summed E-state index contributed by atoms with van der Waals surface area (Å²) < 4.78 is 28.6. The summed E-state index contributed by atoms with van der Waals surface area (Å²) >= 11 is 0. The molecular weight excluding hydrogens is 258 g/mol. The van der Waals surface area contributed by atoms with E-state index in [-0.39, 0.29) is 17.4 Å². The lowest BCUT2D eigenvalue weighted by atomic mass is 10.1. The second-order valence-corrected chi connectivity index (χ2v) is 3.95. The zero-order chi connectivity index (χ0) is 14.3. The van der Waals surface area contributed by atoms with Crippen LogP contribution in [0.15, 0.2) is 17.1 Å². The van der Waals surface area contributed by atoms with Crippen LogP contribution in [0, 0.1) is 11.6 Å². The summed E-state index contributed by atoms with van der Waals surface area (Å²) in [6.45, 7) is 1.84. The van der Waals surface area contributed by atoms with Crippen LogP contribution in [0.4, 0.5) is 14.5 Å². The average molecular weight is 268 g/mol. The first kappa shape index (κ1) is 13.0. The Bertz CT molecular complexity index is 753. The van der Waals surface area contributed by atoms with Gasteiger partial charge in [0.15, 0.2) is 5.82 Å². The van der Waals surface area contributed by atoms with E-state index in [2.05, 4.69) is 0 Å². The fourth-order valence-electron chi connectivity index (χ4n) is 1.90. The molecule has 3 N–H and O–H groups in total. The van der Waals surface area contributed by atoms with E-state index >= 15 is 0 Å². The first-order valence-corrected chi connectivity index (χ1v) is 5.42. The lowest BCUT2D eigenvalue weighted by molar-refractivity contribution is 0.0695. The summed E-state index contributed by atoms with van der Waals surface area (Å²) in [5.41, 5.74) is 2.86. The number of aryl methyl sites for hydroxylation is 1. The van der Waals surface area contributed by atoms with Crippen molar-refractivity contribution in [2.45, 2.75) is 13.5 Å². The number of halogens is 2. The summed E-state index contributed by atoms with van der Waals surface area (Å²) in [5, 5.41) is 8.57. The van der Waals surface area contributed by atoms with Crippen molar-refractivity contribution in [2.75, 3.05) is 5.73 Å². The minimum Gasteiger partial charge on any atom is -0.477 e. The maximum Gasteiger partial charge on any atom is 0.341 e. The van der Waals surface area contributed by atoms with E-state index in [1.807, 2.05) is 0 Å². The Morgan fingerprint density at radius 3 is 2.63 bits per heavy atom. The average Bonchev–Trinajstić information content (AvgIpc) is 2.37. The molecule has 1 aromatic carbocycles. The zero-order valence-corrected chi connectivity index (χ0v) is 9.91. The van der Waals surface area contributed by atoms with Crippen molar-refractivity contribution in [3.8, 4) is 0 Å². The summed E-state index contributed by atoms with van der Waals surface area (Å²) in [4.78, 5) is 22.8. The van der Waals surface area contributed by atoms with Gasteiger partial charge in [-0.05, 0) is 13.0 Å². The molecule has 1 heterocycles. The van der Waals surface area contributed by atoms with Crippen LogP contribution in [-0.2, 0) is 6.54 Å². The van der Waals surface area contributed by atoms with Crippen LogP contribution in [0.3, 0.4) is 0 Å². The van der Waals surface area contributed by atoms with Gasteiger partial charge in [-0.15, -0.1) is 0 Å². The summed E-state index contributed by atoms with van der Waals surface area (Å²) in [6, 6.07) is 0.759. The van der Waals surface area contributed by atoms with Crippen LogP contribution in [0.2, 0.25) is 0 Å². The van der Waals surface area contributed by atoms with Crippen LogP contribution < -0.4 is 11.2 Å². The third-order valence-electron chi connectivity index (χ3n) is 2.86. The number of nitrogens with two attached hydrogens (primary N) is 1. The van der Waals surface area contributed by atoms with Gasteiger partial charge in [0.25, 0.3) is 0 Å². The Balaban J connectivity index is 3.08. The number of aromatic carboxylic acids is 1. The maximum atomic E-state index is 13.9. The molecule has 0 fully saturated rings. The van der Waals surface area contributed by atoms with E-state index in [0.29, 0.717) is 0 Å². The van der Waals surface area contributed by atoms with Crippen molar-refractivity contribution in [3.05, 3.63) is 39.7 Å². The van der Waals surface area contributed by atoms with Crippen molar-refractivity contribution < 1.29 is 18.7 Å². The van der Waals surface area contributed by atoms with Gasteiger partial charge >= 0.3 is 5.97 Å². The minimum atomic E-state index is -1.45. The first-order valence-electron chi connectivity index (χ1n) is 5.42. The van der Waals surface area contributed by atoms with E-state index in [4.69, 9.17) is 10.8 Å². The molecule has 0 radical (unpaired) electrons. The van der Waals surface area contributed by atoms with Gasteiger partial charge in [0.05, 0.1) is 10.9 Å². The number of nitrogen functional groups attached to an aromatic ring is 1. The molecule has 2 rings (SSSR count). The number of anilines is 1. The fourth-order valence-corrected chi connectivity index (χ4v) is 1.90. The van der Waals surface area contributed by atoms with Gasteiger partial charge in [0, 0.05) is 12.7 Å². The van der Waals surface area contributed by atoms with Crippen LogP contribution in [0.5, 0.6) is 0 Å². The third kappa shape index (κ3) is 1.83. The molecule has 0 atom stereocenters. The maximum absolute atomic E-state index is 13.9. The molecule has 100 valence electrons. The SMILES string of the molecule is CCn1cc(C(=O)O)c(=O)c2cc(F)c(N)c(F)c21. The predicted octanol–water partition coefficient (Wildman–Crippen LogP) is 1.58. The number of hydrogen-bond donors (Lipinski definition) is 2. The summed E-state index contributed by atoms with van der Waals surface area (Å²) in [7, 11) is 0. The Morgan fingerprint density at radius 1 is 1.47 bits per heavy atom. The zero-order valence-electron chi connectivity index (χ0n) is 9.91. The van der Waals surface area contributed by atoms with Crippen LogP contribution in [0.25, 0.3) is 10.9 Å². The highest BCUT2D eigenvalue weighted by Gasteiger charge is 2.20. The first-order chi connectivity index (χ1) is 8.88. The molecule has 0 saturated carbocycles. The van der Waals surface area contributed by atoms with Crippen molar-refractivity contribution >= 4 is 22.6 Å². The third-order valence-corrected chi connectivity index (χ3v) is 2.86. The molecule has 5 nitrogen and oxygen atoms in total. The second-order valence-electron chi connectivity index (χ2n) is 3.95. The van der Waals surface area contributed by atoms with E-state index in [1.165, 1.54) is 4.57 Å². The molecule has 0 aliphatic heterocycles. The van der Waals surface area contributed by atoms with Gasteiger partial charge in [-0.25, -0.2) is 13.6 Å². The van der Waals surface area contributed by atoms with Crippen LogP contribution >= 0.6 is 0 Å². The molecule has 7 heteroatoms. The van der Waals surface area contributed by atoms with Crippen molar-refractivity contribution in [1.29, 1.82) is 0 Å². The number of aromatic nitrogens is 1. The van der Waals surface area contributed by atoms with Gasteiger partial charge in [-0.2, -0.15) is 0 Å². The fraction of sp³-hybridized carbons (Fsp3) is 0.167. The quantitative estimate of drug-likeness (QED) is 0.810. The van der Waals surface area contributed by atoms with Gasteiger partial charge in [-0.3, -0.25) is 4.79 Å². The lowest BCUT2D eigenvalue weighted by Crippen LogP contribution is -2.20. The topological polar surface area (TPSA) is 85.3 Å². The molecule has 0 bridgehead atoms. The van der Waals surface area contributed by atoms with Crippen molar-refractivity contribution in [3.63, 3.8) is 0 Å². The number of nitrogens with zero attached hydrogens (tertiary/aromatic N) is 1. The molecule has 0 spiro atoms. The number of carboxylic acid groups (broad SMARTS) is 1. The Labute approximate surface area is 105 Å². The highest BCUT2D eigenvalue weighted by molar-refractivity contribution is 5.93. The van der Waals surface area contributed by atoms with Gasteiger partial charge < -0.3 is 15.4 Å². The van der Waals surface area contributed by atoms with E-state index < -0.39 is 34.3 Å². The van der Waals surface area contributed by atoms with Crippen LogP contribution in [-0.4, -0.2) is 15.6 Å². The second kappa shape index (κ2) is 4.34. The van der Waals surface area contributed by atoms with Gasteiger partial charge in [-0.1, -0.05) is 0 Å². The van der Waals surface area contributed by atoms with Crippen molar-refractivity contribution in [2.24, 2.45) is 0 Å². The predicted molar refractivity (Wildman–Crippen MR) is 65.2 cm³/mol. The standard InChI is InChI=1S/C12H10F2N2O3/c1-2-16-4-6(12(18)19)11(17)5-3-7(13)9(15)8(14)10(5)16/h3-4H,2,15H2,1H3,(H,18,19). The largest absolute Gasteiger partial charge is 0.477 e. The number of carboxylic acids is 1. The van der Waals surface area contributed by atoms with E-state index in [1.54, 1.807) is 6.92 Å². The molecule has 0 aliphatic rings. The summed E-state index contributed by atoms with van der Waals surface area (Å²) in [6.07, 6.45) is 1.02. The van der Waals surface area contributed by atoms with E-state index in [9.17, 15) is 18.4 Å². The van der Waals surface area contributed by atoms with Gasteiger partial charge in [0.2, 0.25) is 5.43 Å². The lowest BCUT2D eigenvalue weighted by Gasteiger charge is -2.12. The Kier molecular flexibility index (Phi) is 2.97.